The van der Waals surface area contributed by atoms with Crippen LogP contribution in [0.15, 0.2) is 48.5 Å². The number of benzene rings is 2. The molecule has 2 aromatic carbocycles. The van der Waals surface area contributed by atoms with E-state index in [1.165, 1.54) is 13.8 Å². The Bertz CT molecular complexity index is 847. The van der Waals surface area contributed by atoms with E-state index >= 15 is 0 Å². The van der Waals surface area contributed by atoms with Crippen LogP contribution in [0.1, 0.15) is 37.6 Å². The van der Waals surface area contributed by atoms with E-state index in [1.807, 2.05) is 6.92 Å². The fourth-order valence-electron chi connectivity index (χ4n) is 2.49. The maximum atomic E-state index is 12.3. The number of ether oxygens (including phenoxy) is 3. The number of hydrogen-bond acceptors (Lipinski definition) is 6. The second-order valence-corrected chi connectivity index (χ2v) is 6.23. The van der Waals surface area contributed by atoms with E-state index in [2.05, 4.69) is 5.32 Å². The molecule has 0 radical (unpaired) electrons. The Kier molecular flexibility index (Phi) is 8.21. The van der Waals surface area contributed by atoms with Gasteiger partial charge in [-0.1, -0.05) is 12.1 Å². The first-order valence-corrected chi connectivity index (χ1v) is 9.36. The van der Waals surface area contributed by atoms with E-state index in [0.29, 0.717) is 23.6 Å². The van der Waals surface area contributed by atoms with Gasteiger partial charge in [0.1, 0.15) is 11.5 Å². The number of carbonyl (C=O) groups excluding carboxylic acids is 3. The molecule has 0 aliphatic heterocycles. The van der Waals surface area contributed by atoms with Crippen molar-refractivity contribution >= 4 is 23.3 Å². The minimum atomic E-state index is -1.01. The summed E-state index contributed by atoms with van der Waals surface area (Å²) in [5, 5.41) is 2.61. The summed E-state index contributed by atoms with van der Waals surface area (Å²) in [4.78, 5) is 35.8. The molecule has 0 bridgehead atoms. The largest absolute Gasteiger partial charge is 0.494 e. The second-order valence-electron chi connectivity index (χ2n) is 6.23. The molecular weight excluding hydrogens is 374 g/mol. The van der Waals surface area contributed by atoms with E-state index < -0.39 is 18.0 Å². The fourth-order valence-corrected chi connectivity index (χ4v) is 2.49. The van der Waals surface area contributed by atoms with Crippen LogP contribution in [0.5, 0.6) is 11.5 Å². The predicted octanol–water partition coefficient (Wildman–Crippen LogP) is 3.63. The Balaban J connectivity index is 1.78. The zero-order valence-electron chi connectivity index (χ0n) is 16.8. The number of carbonyl (C=O) groups is 3. The minimum absolute atomic E-state index is 0.00509. The zero-order valence-corrected chi connectivity index (χ0v) is 16.8. The van der Waals surface area contributed by atoms with Gasteiger partial charge in [-0.25, -0.2) is 0 Å². The molecule has 0 aliphatic carbocycles. The summed E-state index contributed by atoms with van der Waals surface area (Å²) in [6, 6.07) is 13.7. The maximum absolute atomic E-state index is 12.3. The molecule has 29 heavy (non-hydrogen) atoms. The highest BCUT2D eigenvalue weighted by molar-refractivity contribution is 6.04. The SMILES string of the molecule is CCOc1ccc(OCCC(=O)OC(C)C(=O)Nc2ccccc2C(C)=O)cc1. The number of para-hydroxylation sites is 1. The van der Waals surface area contributed by atoms with E-state index in [0.717, 1.165) is 5.75 Å². The molecule has 7 heteroatoms. The van der Waals surface area contributed by atoms with Crippen LogP contribution in [0, 0.1) is 0 Å². The summed E-state index contributed by atoms with van der Waals surface area (Å²) in [5.41, 5.74) is 0.773. The molecule has 0 heterocycles. The van der Waals surface area contributed by atoms with Gasteiger partial charge in [0.2, 0.25) is 0 Å². The van der Waals surface area contributed by atoms with Crippen LogP contribution in [0.3, 0.4) is 0 Å². The molecular formula is C22H25NO6. The van der Waals surface area contributed by atoms with Gasteiger partial charge in [0.05, 0.1) is 25.3 Å². The van der Waals surface area contributed by atoms with Crippen LogP contribution in [-0.4, -0.2) is 37.0 Å². The molecule has 0 aliphatic rings. The molecule has 1 unspecified atom stereocenters. The second kappa shape index (κ2) is 10.8. The summed E-state index contributed by atoms with van der Waals surface area (Å²) in [7, 11) is 0. The average Bonchev–Trinajstić information content (AvgIpc) is 2.69. The number of hydrogen-bond donors (Lipinski definition) is 1. The third kappa shape index (κ3) is 6.95. The van der Waals surface area contributed by atoms with Crippen molar-refractivity contribution < 1.29 is 28.6 Å². The van der Waals surface area contributed by atoms with Gasteiger partial charge in [0.25, 0.3) is 5.91 Å². The van der Waals surface area contributed by atoms with Gasteiger partial charge in [-0.3, -0.25) is 14.4 Å². The predicted molar refractivity (Wildman–Crippen MR) is 108 cm³/mol. The molecule has 0 fully saturated rings. The van der Waals surface area contributed by atoms with E-state index in [-0.39, 0.29) is 18.8 Å². The van der Waals surface area contributed by atoms with Crippen LogP contribution in [0.2, 0.25) is 0 Å². The van der Waals surface area contributed by atoms with Crippen molar-refractivity contribution in [1.29, 1.82) is 0 Å². The van der Waals surface area contributed by atoms with Crippen molar-refractivity contribution in [3.05, 3.63) is 54.1 Å². The first-order chi connectivity index (χ1) is 13.9. The Morgan fingerprint density at radius 2 is 1.59 bits per heavy atom. The summed E-state index contributed by atoms with van der Waals surface area (Å²) >= 11 is 0. The van der Waals surface area contributed by atoms with Gasteiger partial charge in [-0.15, -0.1) is 0 Å². The standard InChI is InChI=1S/C22H25NO6/c1-4-27-17-9-11-18(12-10-17)28-14-13-21(25)29-16(3)22(26)23-20-8-6-5-7-19(20)15(2)24/h5-12,16H,4,13-14H2,1-3H3,(H,23,26). The number of Topliss-reactive ketones (excluding diaryl/α,β-unsaturated/α-hetero) is 1. The van der Waals surface area contributed by atoms with Crippen molar-refractivity contribution in [3.63, 3.8) is 0 Å². The van der Waals surface area contributed by atoms with Gasteiger partial charge in [-0.2, -0.15) is 0 Å². The van der Waals surface area contributed by atoms with Gasteiger partial charge in [-0.05, 0) is 57.2 Å². The van der Waals surface area contributed by atoms with Crippen LogP contribution in [-0.2, 0) is 14.3 Å². The summed E-state index contributed by atoms with van der Waals surface area (Å²) in [5.74, 6) is 0.105. The van der Waals surface area contributed by atoms with Gasteiger partial charge >= 0.3 is 5.97 Å². The molecule has 1 atom stereocenters. The summed E-state index contributed by atoms with van der Waals surface area (Å²) < 4.78 is 16.0. The minimum Gasteiger partial charge on any atom is -0.494 e. The number of nitrogens with one attached hydrogen (secondary N) is 1. The lowest BCUT2D eigenvalue weighted by atomic mass is 10.1. The number of ketones is 1. The molecule has 2 rings (SSSR count). The van der Waals surface area contributed by atoms with Gasteiger partial charge < -0.3 is 19.5 Å². The normalized spacial score (nSPS) is 11.3. The summed E-state index contributed by atoms with van der Waals surface area (Å²) in [6.45, 7) is 5.49. The Morgan fingerprint density at radius 3 is 2.21 bits per heavy atom. The van der Waals surface area contributed by atoms with E-state index in [4.69, 9.17) is 14.2 Å². The van der Waals surface area contributed by atoms with Crippen molar-refractivity contribution in [3.8, 4) is 11.5 Å². The van der Waals surface area contributed by atoms with Crippen LogP contribution in [0.25, 0.3) is 0 Å². The molecule has 1 amide bonds. The number of anilines is 1. The lowest BCUT2D eigenvalue weighted by molar-refractivity contribution is -0.153. The highest BCUT2D eigenvalue weighted by Gasteiger charge is 2.19. The van der Waals surface area contributed by atoms with Gasteiger partial charge in [0.15, 0.2) is 11.9 Å². The van der Waals surface area contributed by atoms with Crippen molar-refractivity contribution in [2.75, 3.05) is 18.5 Å². The summed E-state index contributed by atoms with van der Waals surface area (Å²) in [6.07, 6.45) is -1.01. The van der Waals surface area contributed by atoms with Crippen LogP contribution >= 0.6 is 0 Å². The molecule has 154 valence electrons. The first-order valence-electron chi connectivity index (χ1n) is 9.36. The quantitative estimate of drug-likeness (QED) is 0.485. The number of esters is 1. The molecule has 0 spiro atoms. The van der Waals surface area contributed by atoms with Gasteiger partial charge in [0, 0.05) is 5.56 Å². The zero-order chi connectivity index (χ0) is 21.2. The average molecular weight is 399 g/mol. The molecule has 0 saturated carbocycles. The van der Waals surface area contributed by atoms with Crippen molar-refractivity contribution in [2.45, 2.75) is 33.3 Å². The highest BCUT2D eigenvalue weighted by atomic mass is 16.5. The molecule has 1 N–H and O–H groups in total. The monoisotopic (exact) mass is 399 g/mol. The molecule has 2 aromatic rings. The maximum Gasteiger partial charge on any atom is 0.310 e. The molecule has 0 aromatic heterocycles. The Morgan fingerprint density at radius 1 is 0.966 bits per heavy atom. The number of amides is 1. The smallest absolute Gasteiger partial charge is 0.310 e. The lowest BCUT2D eigenvalue weighted by Gasteiger charge is -2.15. The van der Waals surface area contributed by atoms with E-state index in [1.54, 1.807) is 48.5 Å². The molecule has 7 nitrogen and oxygen atoms in total. The Labute approximate surface area is 170 Å². The van der Waals surface area contributed by atoms with Crippen molar-refractivity contribution in [1.82, 2.24) is 0 Å². The third-order valence-corrected chi connectivity index (χ3v) is 3.95. The molecule has 0 saturated heterocycles. The van der Waals surface area contributed by atoms with Crippen LogP contribution < -0.4 is 14.8 Å². The lowest BCUT2D eigenvalue weighted by Crippen LogP contribution is -2.30. The van der Waals surface area contributed by atoms with E-state index in [9.17, 15) is 14.4 Å². The Hall–Kier alpha value is -3.35. The van der Waals surface area contributed by atoms with Crippen LogP contribution in [0.4, 0.5) is 5.69 Å². The topological polar surface area (TPSA) is 90.9 Å². The number of rotatable bonds is 10. The highest BCUT2D eigenvalue weighted by Crippen LogP contribution is 2.18. The fraction of sp³-hybridized carbons (Fsp3) is 0.318. The first kappa shape index (κ1) is 21.9. The third-order valence-electron chi connectivity index (χ3n) is 3.95. The van der Waals surface area contributed by atoms with Crippen molar-refractivity contribution in [2.24, 2.45) is 0 Å².